The third-order valence-electron chi connectivity index (χ3n) is 6.06. The van der Waals surface area contributed by atoms with Gasteiger partial charge in [0.05, 0.1) is 0 Å². The van der Waals surface area contributed by atoms with Crippen molar-refractivity contribution < 1.29 is 9.59 Å². The first kappa shape index (κ1) is 21.6. The van der Waals surface area contributed by atoms with Crippen molar-refractivity contribution in [3.63, 3.8) is 0 Å². The summed E-state index contributed by atoms with van der Waals surface area (Å²) in [7, 11) is 0. The summed E-state index contributed by atoms with van der Waals surface area (Å²) in [6.07, 6.45) is 3.45. The van der Waals surface area contributed by atoms with Crippen molar-refractivity contribution in [2.45, 2.75) is 39.5 Å². The molecule has 6 heteroatoms. The van der Waals surface area contributed by atoms with Crippen molar-refractivity contribution in [1.29, 1.82) is 0 Å². The molecule has 2 unspecified atom stereocenters. The predicted octanol–water partition coefficient (Wildman–Crippen LogP) is 2.18. The standard InChI is InChI=1S/C23H36N4O2/c1-18-6-5-7-20(16-18)27-14-12-26(13-15-27)11-4-3-9-24-22(28)8-10-25-23(29)21-17-19(21)2/h5-7,16,19,21H,3-4,8-15,17H2,1-2H3,(H,24,28)(H,25,29). The molecule has 2 fully saturated rings. The van der Waals surface area contributed by atoms with Gasteiger partial charge < -0.3 is 15.5 Å². The normalized spacial score (nSPS) is 21.7. The summed E-state index contributed by atoms with van der Waals surface area (Å²) in [5.41, 5.74) is 2.64. The van der Waals surface area contributed by atoms with Gasteiger partial charge in [-0.25, -0.2) is 0 Å². The molecule has 160 valence electrons. The van der Waals surface area contributed by atoms with E-state index in [4.69, 9.17) is 0 Å². The highest BCUT2D eigenvalue weighted by Gasteiger charge is 2.38. The average molecular weight is 401 g/mol. The minimum atomic E-state index is 0.0286. The van der Waals surface area contributed by atoms with Gasteiger partial charge in [-0.1, -0.05) is 19.1 Å². The van der Waals surface area contributed by atoms with E-state index in [0.29, 0.717) is 18.9 Å². The van der Waals surface area contributed by atoms with Crippen LogP contribution in [0.1, 0.15) is 38.2 Å². The van der Waals surface area contributed by atoms with Crippen molar-refractivity contribution >= 4 is 17.5 Å². The molecule has 1 aromatic carbocycles. The van der Waals surface area contributed by atoms with Crippen LogP contribution in [-0.4, -0.2) is 62.5 Å². The van der Waals surface area contributed by atoms with Crippen LogP contribution in [0.2, 0.25) is 0 Å². The molecule has 1 heterocycles. The number of aryl methyl sites for hydroxylation is 1. The van der Waals surface area contributed by atoms with Gasteiger partial charge in [-0.2, -0.15) is 0 Å². The van der Waals surface area contributed by atoms with E-state index in [0.717, 1.165) is 58.5 Å². The number of carbonyl (C=O) groups excluding carboxylic acids is 2. The Kier molecular flexibility index (Phi) is 7.92. The Bertz CT molecular complexity index is 685. The Labute approximate surface area is 175 Å². The number of anilines is 1. The summed E-state index contributed by atoms with van der Waals surface area (Å²) in [6, 6.07) is 8.73. The Balaban J connectivity index is 1.19. The molecule has 29 heavy (non-hydrogen) atoms. The van der Waals surface area contributed by atoms with Crippen molar-refractivity contribution in [2.75, 3.05) is 50.7 Å². The molecular formula is C23H36N4O2. The monoisotopic (exact) mass is 400 g/mol. The van der Waals surface area contributed by atoms with E-state index in [-0.39, 0.29) is 17.7 Å². The summed E-state index contributed by atoms with van der Waals surface area (Å²) < 4.78 is 0. The molecule has 0 aromatic heterocycles. The molecule has 2 aliphatic rings. The van der Waals surface area contributed by atoms with Crippen molar-refractivity contribution in [3.8, 4) is 0 Å². The Morgan fingerprint density at radius 2 is 1.83 bits per heavy atom. The van der Waals surface area contributed by atoms with Crippen LogP contribution in [0.15, 0.2) is 24.3 Å². The van der Waals surface area contributed by atoms with Gasteiger partial charge in [0.1, 0.15) is 0 Å². The SMILES string of the molecule is Cc1cccc(N2CCN(CCCCNC(=O)CCNC(=O)C3CC3C)CC2)c1. The van der Waals surface area contributed by atoms with E-state index < -0.39 is 0 Å². The molecular weight excluding hydrogens is 364 g/mol. The fraction of sp³-hybridized carbons (Fsp3) is 0.652. The molecule has 1 saturated carbocycles. The zero-order chi connectivity index (χ0) is 20.6. The maximum absolute atomic E-state index is 11.9. The Morgan fingerprint density at radius 3 is 2.52 bits per heavy atom. The number of nitrogens with zero attached hydrogens (tertiary/aromatic N) is 2. The van der Waals surface area contributed by atoms with E-state index in [1.54, 1.807) is 0 Å². The molecule has 1 aliphatic carbocycles. The van der Waals surface area contributed by atoms with E-state index in [9.17, 15) is 9.59 Å². The molecule has 2 amide bonds. The number of piperazine rings is 1. The molecule has 1 aromatic rings. The summed E-state index contributed by atoms with van der Waals surface area (Å²) in [4.78, 5) is 28.5. The second-order valence-corrected chi connectivity index (χ2v) is 8.59. The summed E-state index contributed by atoms with van der Waals surface area (Å²) >= 11 is 0. The van der Waals surface area contributed by atoms with Crippen LogP contribution in [0.5, 0.6) is 0 Å². The molecule has 1 saturated heterocycles. The number of rotatable bonds is 10. The summed E-state index contributed by atoms with van der Waals surface area (Å²) in [6.45, 7) is 10.8. The molecule has 0 spiro atoms. The van der Waals surface area contributed by atoms with E-state index in [1.807, 2.05) is 0 Å². The number of carbonyl (C=O) groups is 2. The average Bonchev–Trinajstić information content (AvgIpc) is 3.45. The van der Waals surface area contributed by atoms with Crippen molar-refractivity contribution in [2.24, 2.45) is 11.8 Å². The second kappa shape index (κ2) is 10.6. The number of hydrogen-bond acceptors (Lipinski definition) is 4. The van der Waals surface area contributed by atoms with Crippen LogP contribution in [0.4, 0.5) is 5.69 Å². The lowest BCUT2D eigenvalue weighted by Gasteiger charge is -2.36. The molecule has 2 atom stereocenters. The quantitative estimate of drug-likeness (QED) is 0.591. The first-order valence-corrected chi connectivity index (χ1v) is 11.1. The molecule has 0 bridgehead atoms. The van der Waals surface area contributed by atoms with Gasteiger partial charge in [-0.05, 0) is 56.3 Å². The minimum absolute atomic E-state index is 0.0286. The molecule has 6 nitrogen and oxygen atoms in total. The van der Waals surface area contributed by atoms with Gasteiger partial charge in [0.15, 0.2) is 0 Å². The zero-order valence-corrected chi connectivity index (χ0v) is 18.0. The first-order valence-electron chi connectivity index (χ1n) is 11.1. The summed E-state index contributed by atoms with van der Waals surface area (Å²) in [5, 5.41) is 5.82. The van der Waals surface area contributed by atoms with Gasteiger partial charge in [0, 0.05) is 57.3 Å². The van der Waals surface area contributed by atoms with Crippen LogP contribution >= 0.6 is 0 Å². The third-order valence-corrected chi connectivity index (χ3v) is 6.06. The fourth-order valence-electron chi connectivity index (χ4n) is 3.95. The van der Waals surface area contributed by atoms with E-state index >= 15 is 0 Å². The summed E-state index contributed by atoms with van der Waals surface area (Å²) in [5.74, 6) is 0.819. The molecule has 1 aliphatic heterocycles. The van der Waals surface area contributed by atoms with E-state index in [1.165, 1.54) is 11.3 Å². The van der Waals surface area contributed by atoms with Gasteiger partial charge >= 0.3 is 0 Å². The van der Waals surface area contributed by atoms with Gasteiger partial charge in [0.2, 0.25) is 11.8 Å². The van der Waals surface area contributed by atoms with Gasteiger partial charge in [-0.3, -0.25) is 14.5 Å². The van der Waals surface area contributed by atoms with Crippen LogP contribution in [0.3, 0.4) is 0 Å². The lowest BCUT2D eigenvalue weighted by molar-refractivity contribution is -0.123. The maximum Gasteiger partial charge on any atom is 0.223 e. The highest BCUT2D eigenvalue weighted by molar-refractivity contribution is 5.82. The third kappa shape index (κ3) is 7.03. The van der Waals surface area contributed by atoms with Crippen LogP contribution in [0.25, 0.3) is 0 Å². The number of benzene rings is 1. The Hall–Kier alpha value is -2.08. The second-order valence-electron chi connectivity index (χ2n) is 8.59. The number of unbranched alkanes of at least 4 members (excludes halogenated alkanes) is 1. The largest absolute Gasteiger partial charge is 0.369 e. The van der Waals surface area contributed by atoms with Gasteiger partial charge in [0.25, 0.3) is 0 Å². The predicted molar refractivity (Wildman–Crippen MR) is 117 cm³/mol. The molecule has 0 radical (unpaired) electrons. The smallest absolute Gasteiger partial charge is 0.223 e. The zero-order valence-electron chi connectivity index (χ0n) is 18.0. The number of amides is 2. The van der Waals surface area contributed by atoms with Gasteiger partial charge in [-0.15, -0.1) is 0 Å². The van der Waals surface area contributed by atoms with Crippen LogP contribution < -0.4 is 15.5 Å². The minimum Gasteiger partial charge on any atom is -0.369 e. The number of hydrogen-bond donors (Lipinski definition) is 2. The van der Waals surface area contributed by atoms with Crippen LogP contribution in [-0.2, 0) is 9.59 Å². The number of nitrogens with one attached hydrogen (secondary N) is 2. The van der Waals surface area contributed by atoms with Crippen molar-refractivity contribution in [1.82, 2.24) is 15.5 Å². The molecule has 2 N–H and O–H groups in total. The Morgan fingerprint density at radius 1 is 1.07 bits per heavy atom. The van der Waals surface area contributed by atoms with Crippen LogP contribution in [0, 0.1) is 18.8 Å². The highest BCUT2D eigenvalue weighted by atomic mass is 16.2. The first-order chi connectivity index (χ1) is 14.0. The molecule has 3 rings (SSSR count). The lowest BCUT2D eigenvalue weighted by atomic mass is 10.2. The highest BCUT2D eigenvalue weighted by Crippen LogP contribution is 2.37. The maximum atomic E-state index is 11.9. The fourth-order valence-corrected chi connectivity index (χ4v) is 3.95. The lowest BCUT2D eigenvalue weighted by Crippen LogP contribution is -2.46. The van der Waals surface area contributed by atoms with Crippen molar-refractivity contribution in [3.05, 3.63) is 29.8 Å². The van der Waals surface area contributed by atoms with E-state index in [2.05, 4.69) is 58.5 Å². The topological polar surface area (TPSA) is 64.7 Å².